The van der Waals surface area contributed by atoms with Crippen LogP contribution in [0.5, 0.6) is 0 Å². The molecule has 0 radical (unpaired) electrons. The Kier molecular flexibility index (Phi) is 5.34. The summed E-state index contributed by atoms with van der Waals surface area (Å²) in [6, 6.07) is 17.6. The van der Waals surface area contributed by atoms with Crippen LogP contribution in [0.15, 0.2) is 73.1 Å². The Hall–Kier alpha value is -3.54. The number of nitrogens with zero attached hydrogens (tertiary/aromatic N) is 1. The number of urea groups is 1. The zero-order chi connectivity index (χ0) is 18.4. The quantitative estimate of drug-likeness (QED) is 0.675. The number of hydrogen-bond donors (Lipinski definition) is 2. The average Bonchev–Trinajstić information content (AvgIpc) is 3.17. The highest BCUT2D eigenvalue weighted by atomic mass is 16.5. The molecule has 2 N–H and O–H groups in total. The van der Waals surface area contributed by atoms with Crippen LogP contribution in [0.1, 0.15) is 17.3 Å². The maximum atomic E-state index is 12.2. The van der Waals surface area contributed by atoms with E-state index in [2.05, 4.69) is 10.6 Å². The first-order valence-corrected chi connectivity index (χ1v) is 8.25. The lowest BCUT2D eigenvalue weighted by Crippen LogP contribution is -2.21. The first kappa shape index (κ1) is 17.3. The summed E-state index contributed by atoms with van der Waals surface area (Å²) in [4.78, 5) is 24.2. The van der Waals surface area contributed by atoms with Crippen molar-refractivity contribution in [1.82, 2.24) is 4.57 Å². The Morgan fingerprint density at radius 2 is 1.62 bits per heavy atom. The third-order valence-electron chi connectivity index (χ3n) is 3.70. The molecule has 0 saturated heterocycles. The maximum Gasteiger partial charge on any atom is 0.340 e. The normalized spacial score (nSPS) is 10.2. The van der Waals surface area contributed by atoms with E-state index in [1.54, 1.807) is 31.2 Å². The van der Waals surface area contributed by atoms with Crippen molar-refractivity contribution in [2.75, 3.05) is 17.2 Å². The van der Waals surface area contributed by atoms with Gasteiger partial charge in [0, 0.05) is 23.8 Å². The summed E-state index contributed by atoms with van der Waals surface area (Å²) in [5, 5.41) is 5.43. The predicted molar refractivity (Wildman–Crippen MR) is 101 cm³/mol. The van der Waals surface area contributed by atoms with Gasteiger partial charge in [0.25, 0.3) is 0 Å². The van der Waals surface area contributed by atoms with Crippen molar-refractivity contribution in [2.45, 2.75) is 6.92 Å². The van der Waals surface area contributed by atoms with Crippen molar-refractivity contribution in [1.29, 1.82) is 0 Å². The third kappa shape index (κ3) is 4.10. The first-order chi connectivity index (χ1) is 12.7. The molecule has 2 amide bonds. The van der Waals surface area contributed by atoms with Crippen molar-refractivity contribution in [3.05, 3.63) is 78.6 Å². The van der Waals surface area contributed by atoms with Gasteiger partial charge in [-0.05, 0) is 55.5 Å². The van der Waals surface area contributed by atoms with Crippen LogP contribution in [0.3, 0.4) is 0 Å². The molecule has 26 heavy (non-hydrogen) atoms. The molecule has 6 heteroatoms. The van der Waals surface area contributed by atoms with Gasteiger partial charge in [0.2, 0.25) is 0 Å². The topological polar surface area (TPSA) is 72.4 Å². The first-order valence-electron chi connectivity index (χ1n) is 8.25. The Labute approximate surface area is 151 Å². The van der Waals surface area contributed by atoms with Crippen LogP contribution >= 0.6 is 0 Å². The van der Waals surface area contributed by atoms with E-state index in [1.165, 1.54) is 0 Å². The van der Waals surface area contributed by atoms with Gasteiger partial charge in [-0.15, -0.1) is 0 Å². The Morgan fingerprint density at radius 1 is 0.923 bits per heavy atom. The van der Waals surface area contributed by atoms with Crippen LogP contribution in [0.2, 0.25) is 0 Å². The van der Waals surface area contributed by atoms with E-state index >= 15 is 0 Å². The standard InChI is InChI=1S/C20H19N3O3/c1-2-26-19(24)17-7-3-4-8-18(17)22-20(25)21-15-9-11-16(12-10-15)23-13-5-6-14-23/h3-14H,2H2,1H3,(H2,21,22,25). The largest absolute Gasteiger partial charge is 0.462 e. The molecule has 3 rings (SSSR count). The number of para-hydroxylation sites is 1. The number of rotatable bonds is 5. The fraction of sp³-hybridized carbons (Fsp3) is 0.100. The van der Waals surface area contributed by atoms with E-state index in [0.29, 0.717) is 16.9 Å². The number of nitrogens with one attached hydrogen (secondary N) is 2. The van der Waals surface area contributed by atoms with Gasteiger partial charge < -0.3 is 19.9 Å². The van der Waals surface area contributed by atoms with Gasteiger partial charge in [-0.2, -0.15) is 0 Å². The van der Waals surface area contributed by atoms with Crippen LogP contribution in [0.25, 0.3) is 5.69 Å². The smallest absolute Gasteiger partial charge is 0.340 e. The SMILES string of the molecule is CCOC(=O)c1ccccc1NC(=O)Nc1ccc(-n2cccc2)cc1. The van der Waals surface area contributed by atoms with Gasteiger partial charge in [-0.25, -0.2) is 9.59 Å². The van der Waals surface area contributed by atoms with Crippen molar-refractivity contribution in [3.63, 3.8) is 0 Å². The third-order valence-corrected chi connectivity index (χ3v) is 3.70. The summed E-state index contributed by atoms with van der Waals surface area (Å²) in [7, 11) is 0. The molecule has 1 aromatic heterocycles. The molecule has 0 unspecified atom stereocenters. The molecule has 132 valence electrons. The van der Waals surface area contributed by atoms with E-state index in [4.69, 9.17) is 4.74 Å². The molecule has 3 aromatic rings. The maximum absolute atomic E-state index is 12.2. The molecule has 6 nitrogen and oxygen atoms in total. The summed E-state index contributed by atoms with van der Waals surface area (Å²) in [6.45, 7) is 2.01. The van der Waals surface area contributed by atoms with Gasteiger partial charge in [0.1, 0.15) is 0 Å². The number of aromatic nitrogens is 1. The molecule has 2 aromatic carbocycles. The summed E-state index contributed by atoms with van der Waals surface area (Å²) in [6.07, 6.45) is 3.89. The lowest BCUT2D eigenvalue weighted by atomic mass is 10.2. The van der Waals surface area contributed by atoms with E-state index in [-0.39, 0.29) is 6.61 Å². The molecule has 0 fully saturated rings. The Balaban J connectivity index is 1.67. The molecular weight excluding hydrogens is 330 g/mol. The van der Waals surface area contributed by atoms with Crippen molar-refractivity contribution in [3.8, 4) is 5.69 Å². The fourth-order valence-electron chi connectivity index (χ4n) is 2.49. The number of amides is 2. The summed E-state index contributed by atoms with van der Waals surface area (Å²) >= 11 is 0. The van der Waals surface area contributed by atoms with Crippen molar-refractivity contribution in [2.24, 2.45) is 0 Å². The minimum absolute atomic E-state index is 0.271. The minimum Gasteiger partial charge on any atom is -0.462 e. The molecule has 0 saturated carbocycles. The molecule has 0 spiro atoms. The van der Waals surface area contributed by atoms with E-state index in [0.717, 1.165) is 5.69 Å². The van der Waals surface area contributed by atoms with Crippen molar-refractivity contribution < 1.29 is 14.3 Å². The highest BCUT2D eigenvalue weighted by Gasteiger charge is 2.13. The summed E-state index contributed by atoms with van der Waals surface area (Å²) < 4.78 is 6.98. The molecule has 0 bridgehead atoms. The summed E-state index contributed by atoms with van der Waals surface area (Å²) in [5.74, 6) is -0.473. The second-order valence-corrected chi connectivity index (χ2v) is 5.48. The molecule has 0 atom stereocenters. The average molecular weight is 349 g/mol. The summed E-state index contributed by atoms with van der Waals surface area (Å²) in [5.41, 5.74) is 2.35. The van der Waals surface area contributed by atoms with Gasteiger partial charge in [0.05, 0.1) is 17.9 Å². The molecule has 1 heterocycles. The van der Waals surface area contributed by atoms with Gasteiger partial charge in [0.15, 0.2) is 0 Å². The lowest BCUT2D eigenvalue weighted by molar-refractivity contribution is 0.0527. The van der Waals surface area contributed by atoms with E-state index in [1.807, 2.05) is 53.4 Å². The molecule has 0 aliphatic carbocycles. The Morgan fingerprint density at radius 3 is 2.31 bits per heavy atom. The number of esters is 1. The van der Waals surface area contributed by atoms with Gasteiger partial charge in [-0.1, -0.05) is 12.1 Å². The minimum atomic E-state index is -0.473. The number of anilines is 2. The number of benzene rings is 2. The number of carbonyl (C=O) groups is 2. The van der Waals surface area contributed by atoms with Gasteiger partial charge in [-0.3, -0.25) is 0 Å². The number of hydrogen-bond acceptors (Lipinski definition) is 3. The second kappa shape index (κ2) is 8.02. The molecular formula is C20H19N3O3. The molecule has 0 aliphatic rings. The number of ether oxygens (including phenoxy) is 1. The highest BCUT2D eigenvalue weighted by Crippen LogP contribution is 2.18. The van der Waals surface area contributed by atoms with Crippen LogP contribution in [0.4, 0.5) is 16.2 Å². The van der Waals surface area contributed by atoms with Crippen LogP contribution in [-0.4, -0.2) is 23.2 Å². The van der Waals surface area contributed by atoms with Gasteiger partial charge >= 0.3 is 12.0 Å². The van der Waals surface area contributed by atoms with E-state index < -0.39 is 12.0 Å². The second-order valence-electron chi connectivity index (χ2n) is 5.48. The monoisotopic (exact) mass is 349 g/mol. The zero-order valence-corrected chi connectivity index (χ0v) is 14.3. The predicted octanol–water partition coefficient (Wildman–Crippen LogP) is 4.30. The fourth-order valence-corrected chi connectivity index (χ4v) is 2.49. The van der Waals surface area contributed by atoms with Crippen LogP contribution < -0.4 is 10.6 Å². The van der Waals surface area contributed by atoms with Crippen LogP contribution in [-0.2, 0) is 4.74 Å². The highest BCUT2D eigenvalue weighted by molar-refractivity contribution is 6.05. The number of carbonyl (C=O) groups excluding carboxylic acids is 2. The zero-order valence-electron chi connectivity index (χ0n) is 14.3. The van der Waals surface area contributed by atoms with E-state index in [9.17, 15) is 9.59 Å². The lowest BCUT2D eigenvalue weighted by Gasteiger charge is -2.12. The Bertz CT molecular complexity index is 887. The molecule has 0 aliphatic heterocycles. The van der Waals surface area contributed by atoms with Crippen molar-refractivity contribution >= 4 is 23.4 Å². The van der Waals surface area contributed by atoms with Crippen LogP contribution in [0, 0.1) is 0 Å².